The molecule has 0 bridgehead atoms. The van der Waals surface area contributed by atoms with Crippen molar-refractivity contribution < 1.29 is 19.4 Å². The van der Waals surface area contributed by atoms with Crippen molar-refractivity contribution in [3.8, 4) is 11.8 Å². The summed E-state index contributed by atoms with van der Waals surface area (Å²) in [6.45, 7) is 0. The quantitative estimate of drug-likeness (QED) is 0.722. The molecule has 0 fully saturated rings. The van der Waals surface area contributed by atoms with Crippen molar-refractivity contribution in [1.82, 2.24) is 10.2 Å². The monoisotopic (exact) mass is 184 g/mol. The number of hydrogen-bond donors (Lipinski definition) is 1. The number of methoxy groups -OCH3 is 2. The first-order chi connectivity index (χ1) is 6.19. The first kappa shape index (κ1) is 9.24. The van der Waals surface area contributed by atoms with Gasteiger partial charge in [0.05, 0.1) is 14.2 Å². The van der Waals surface area contributed by atoms with E-state index in [2.05, 4.69) is 10.2 Å². The largest absolute Gasteiger partial charge is 0.480 e. The van der Waals surface area contributed by atoms with Crippen LogP contribution in [0.4, 0.5) is 0 Å². The second-order valence-corrected chi connectivity index (χ2v) is 2.11. The van der Waals surface area contributed by atoms with Gasteiger partial charge in [0.1, 0.15) is 5.56 Å². The van der Waals surface area contributed by atoms with E-state index < -0.39 is 5.97 Å². The van der Waals surface area contributed by atoms with Crippen LogP contribution in [0.25, 0.3) is 0 Å². The van der Waals surface area contributed by atoms with E-state index in [1.54, 1.807) is 0 Å². The van der Waals surface area contributed by atoms with Gasteiger partial charge in [-0.25, -0.2) is 4.79 Å². The van der Waals surface area contributed by atoms with Gasteiger partial charge in [-0.05, 0) is 0 Å². The van der Waals surface area contributed by atoms with Crippen molar-refractivity contribution in [2.45, 2.75) is 0 Å². The maximum atomic E-state index is 10.6. The molecule has 13 heavy (non-hydrogen) atoms. The number of rotatable bonds is 3. The van der Waals surface area contributed by atoms with Crippen molar-refractivity contribution in [3.05, 3.63) is 11.6 Å². The minimum Gasteiger partial charge on any atom is -0.480 e. The molecule has 1 rings (SSSR count). The fraction of sp³-hybridized carbons (Fsp3) is 0.286. The predicted octanol–water partition coefficient (Wildman–Crippen LogP) is 0.192. The number of hydrogen-bond acceptors (Lipinski definition) is 5. The standard InChI is InChI=1S/C7H8N2O4/c1-12-5-3-4(7(10)11)6(13-2)9-8-5/h3H,1-2H3,(H,10,11). The summed E-state index contributed by atoms with van der Waals surface area (Å²) in [6.07, 6.45) is 0. The molecule has 6 heteroatoms. The molecule has 1 N–H and O–H groups in total. The number of ether oxygens (including phenoxy) is 2. The van der Waals surface area contributed by atoms with Crippen LogP contribution in [0.3, 0.4) is 0 Å². The van der Waals surface area contributed by atoms with Gasteiger partial charge in [0, 0.05) is 6.07 Å². The molecule has 1 aromatic rings. The Balaban J connectivity index is 3.18. The third-order valence-electron chi connectivity index (χ3n) is 1.37. The van der Waals surface area contributed by atoms with Gasteiger partial charge in [-0.2, -0.15) is 0 Å². The van der Waals surface area contributed by atoms with Crippen LogP contribution in [-0.2, 0) is 0 Å². The minimum atomic E-state index is -1.13. The summed E-state index contributed by atoms with van der Waals surface area (Å²) < 4.78 is 9.41. The molecule has 0 unspecified atom stereocenters. The number of carboxylic acid groups (broad SMARTS) is 1. The van der Waals surface area contributed by atoms with Gasteiger partial charge in [0.25, 0.3) is 0 Å². The molecule has 0 saturated carbocycles. The van der Waals surface area contributed by atoms with E-state index in [4.69, 9.17) is 14.6 Å². The molecule has 1 aromatic heterocycles. The highest BCUT2D eigenvalue weighted by molar-refractivity contribution is 5.90. The molecule has 0 aliphatic carbocycles. The van der Waals surface area contributed by atoms with Crippen LogP contribution in [0.1, 0.15) is 10.4 Å². The summed E-state index contributed by atoms with van der Waals surface area (Å²) >= 11 is 0. The Hall–Kier alpha value is -1.85. The Labute approximate surface area is 74.1 Å². The smallest absolute Gasteiger partial charge is 0.341 e. The van der Waals surface area contributed by atoms with Crippen LogP contribution in [0.5, 0.6) is 11.8 Å². The number of carbonyl (C=O) groups is 1. The summed E-state index contributed by atoms with van der Waals surface area (Å²) in [4.78, 5) is 10.6. The van der Waals surface area contributed by atoms with Gasteiger partial charge in [-0.3, -0.25) is 0 Å². The molecule has 0 saturated heterocycles. The number of aromatic carboxylic acids is 1. The van der Waals surface area contributed by atoms with Gasteiger partial charge >= 0.3 is 5.97 Å². The lowest BCUT2D eigenvalue weighted by Crippen LogP contribution is -2.04. The Morgan fingerprint density at radius 1 is 1.38 bits per heavy atom. The molecule has 0 aliphatic rings. The average molecular weight is 184 g/mol. The van der Waals surface area contributed by atoms with Crippen LogP contribution in [-0.4, -0.2) is 35.5 Å². The zero-order valence-corrected chi connectivity index (χ0v) is 7.14. The van der Waals surface area contributed by atoms with E-state index in [-0.39, 0.29) is 17.3 Å². The molecule has 0 spiro atoms. The fourth-order valence-corrected chi connectivity index (χ4v) is 0.766. The predicted molar refractivity (Wildman–Crippen MR) is 42.1 cm³/mol. The van der Waals surface area contributed by atoms with Crippen LogP contribution < -0.4 is 9.47 Å². The van der Waals surface area contributed by atoms with Crippen LogP contribution in [0, 0.1) is 0 Å². The van der Waals surface area contributed by atoms with E-state index in [0.717, 1.165) is 0 Å². The van der Waals surface area contributed by atoms with E-state index in [0.29, 0.717) is 0 Å². The van der Waals surface area contributed by atoms with Gasteiger partial charge in [0.15, 0.2) is 0 Å². The molecule has 70 valence electrons. The van der Waals surface area contributed by atoms with Crippen molar-refractivity contribution in [2.24, 2.45) is 0 Å². The maximum absolute atomic E-state index is 10.6. The van der Waals surface area contributed by atoms with Gasteiger partial charge in [-0.15, -0.1) is 10.2 Å². The topological polar surface area (TPSA) is 81.5 Å². The third kappa shape index (κ3) is 1.84. The molecule has 1 heterocycles. The molecule has 0 aromatic carbocycles. The number of carboxylic acids is 1. The van der Waals surface area contributed by atoms with Gasteiger partial charge in [-0.1, -0.05) is 0 Å². The summed E-state index contributed by atoms with van der Waals surface area (Å²) in [7, 11) is 2.70. The van der Waals surface area contributed by atoms with Crippen molar-refractivity contribution in [1.29, 1.82) is 0 Å². The Morgan fingerprint density at radius 2 is 2.08 bits per heavy atom. The highest BCUT2D eigenvalue weighted by atomic mass is 16.5. The first-order valence-corrected chi connectivity index (χ1v) is 3.38. The molecular formula is C7H8N2O4. The second kappa shape index (κ2) is 3.70. The van der Waals surface area contributed by atoms with E-state index in [1.165, 1.54) is 20.3 Å². The summed E-state index contributed by atoms with van der Waals surface area (Å²) in [6, 6.07) is 1.24. The molecule has 0 aliphatic heterocycles. The van der Waals surface area contributed by atoms with E-state index in [1.807, 2.05) is 0 Å². The van der Waals surface area contributed by atoms with E-state index in [9.17, 15) is 4.79 Å². The lowest BCUT2D eigenvalue weighted by Gasteiger charge is -2.03. The lowest BCUT2D eigenvalue weighted by molar-refractivity contribution is 0.0691. The van der Waals surface area contributed by atoms with Gasteiger partial charge in [0.2, 0.25) is 11.8 Å². The van der Waals surface area contributed by atoms with Gasteiger partial charge < -0.3 is 14.6 Å². The first-order valence-electron chi connectivity index (χ1n) is 3.38. The minimum absolute atomic E-state index is 0.0340. The fourth-order valence-electron chi connectivity index (χ4n) is 0.766. The van der Waals surface area contributed by atoms with Crippen molar-refractivity contribution in [3.63, 3.8) is 0 Å². The van der Waals surface area contributed by atoms with Crippen molar-refractivity contribution >= 4 is 5.97 Å². The molecule has 0 atom stereocenters. The lowest BCUT2D eigenvalue weighted by atomic mass is 10.3. The van der Waals surface area contributed by atoms with Crippen LogP contribution in [0.2, 0.25) is 0 Å². The number of aromatic nitrogens is 2. The average Bonchev–Trinajstić information content (AvgIpc) is 2.16. The Morgan fingerprint density at radius 3 is 2.54 bits per heavy atom. The zero-order chi connectivity index (χ0) is 9.84. The third-order valence-corrected chi connectivity index (χ3v) is 1.37. The van der Waals surface area contributed by atoms with Crippen LogP contribution >= 0.6 is 0 Å². The highest BCUT2D eigenvalue weighted by Crippen LogP contribution is 2.17. The molecular weight excluding hydrogens is 176 g/mol. The maximum Gasteiger partial charge on any atom is 0.341 e. The highest BCUT2D eigenvalue weighted by Gasteiger charge is 2.14. The van der Waals surface area contributed by atoms with Crippen molar-refractivity contribution in [2.75, 3.05) is 14.2 Å². The van der Waals surface area contributed by atoms with Crippen LogP contribution in [0.15, 0.2) is 6.07 Å². The SMILES string of the molecule is COc1cc(C(=O)O)c(OC)nn1. The number of nitrogens with zero attached hydrogens (tertiary/aromatic N) is 2. The summed E-state index contributed by atoms with van der Waals surface area (Å²) in [5.74, 6) is -1.03. The van der Waals surface area contributed by atoms with E-state index >= 15 is 0 Å². The Bertz CT molecular complexity index is 326. The zero-order valence-electron chi connectivity index (χ0n) is 7.14. The normalized spacial score (nSPS) is 9.38. The molecule has 0 radical (unpaired) electrons. The summed E-state index contributed by atoms with van der Waals surface area (Å²) in [5, 5.41) is 15.8. The second-order valence-electron chi connectivity index (χ2n) is 2.11. The molecule has 6 nitrogen and oxygen atoms in total. The Kier molecular flexibility index (Phi) is 2.63. The summed E-state index contributed by atoms with van der Waals surface area (Å²) in [5.41, 5.74) is -0.0747. The molecule has 0 amide bonds.